The highest BCUT2D eigenvalue weighted by molar-refractivity contribution is 7.89. The van der Waals surface area contributed by atoms with Crippen LogP contribution < -0.4 is 9.64 Å². The summed E-state index contributed by atoms with van der Waals surface area (Å²) in [6, 6.07) is 22.2. The Kier molecular flexibility index (Phi) is 7.72. The van der Waals surface area contributed by atoms with Gasteiger partial charge in [0.05, 0.1) is 34.5 Å². The number of carbonyl (C=O) groups excluding carboxylic acids is 1. The Morgan fingerprint density at radius 2 is 1.74 bits per heavy atom. The number of aromatic nitrogens is 1. The largest absolute Gasteiger partial charge is 0.494 e. The molecule has 1 amide bonds. The second-order valence-corrected chi connectivity index (χ2v) is 12.1. The Bertz CT molecular complexity index is 1700. The molecule has 0 fully saturated rings. The number of rotatable bonds is 9. The fourth-order valence-electron chi connectivity index (χ4n) is 4.04. The van der Waals surface area contributed by atoms with Gasteiger partial charge in [-0.25, -0.2) is 13.4 Å². The predicted molar refractivity (Wildman–Crippen MR) is 152 cm³/mol. The molecule has 0 bridgehead atoms. The van der Waals surface area contributed by atoms with Crippen LogP contribution in [-0.4, -0.2) is 37.8 Å². The average molecular weight is 582 g/mol. The molecule has 39 heavy (non-hydrogen) atoms. The fourth-order valence-corrected chi connectivity index (χ4v) is 6.45. The van der Waals surface area contributed by atoms with E-state index in [2.05, 4.69) is 4.98 Å². The topological polar surface area (TPSA) is 92.9 Å². The summed E-state index contributed by atoms with van der Waals surface area (Å²) < 4.78 is 39.2. The van der Waals surface area contributed by atoms with Gasteiger partial charge in [-0.1, -0.05) is 53.3 Å². The molecule has 0 aliphatic rings. The van der Waals surface area contributed by atoms with Crippen LogP contribution in [0.4, 0.5) is 5.13 Å². The lowest BCUT2D eigenvalue weighted by atomic mass is 10.2. The van der Waals surface area contributed by atoms with Gasteiger partial charge in [0, 0.05) is 19.2 Å². The maximum Gasteiger partial charge on any atom is 0.260 e. The first-order chi connectivity index (χ1) is 18.8. The van der Waals surface area contributed by atoms with Gasteiger partial charge < -0.3 is 9.15 Å². The molecule has 3 aromatic carbocycles. The first-order valence-electron chi connectivity index (χ1n) is 11.9. The number of amides is 1. The Balaban J connectivity index is 1.45. The summed E-state index contributed by atoms with van der Waals surface area (Å²) in [5, 5.41) is 0.895. The third-order valence-electron chi connectivity index (χ3n) is 6.09. The number of halogens is 1. The minimum Gasteiger partial charge on any atom is -0.494 e. The number of ether oxygens (including phenoxy) is 1. The van der Waals surface area contributed by atoms with E-state index in [1.807, 2.05) is 30.3 Å². The van der Waals surface area contributed by atoms with Gasteiger partial charge in [0.25, 0.3) is 5.91 Å². The van der Waals surface area contributed by atoms with E-state index in [-0.39, 0.29) is 23.9 Å². The lowest BCUT2D eigenvalue weighted by Gasteiger charge is -2.20. The Hall–Kier alpha value is -3.70. The van der Waals surface area contributed by atoms with Crippen molar-refractivity contribution in [1.82, 2.24) is 9.29 Å². The van der Waals surface area contributed by atoms with Crippen molar-refractivity contribution in [1.29, 1.82) is 0 Å². The van der Waals surface area contributed by atoms with Crippen LogP contribution in [0.25, 0.3) is 10.2 Å². The summed E-state index contributed by atoms with van der Waals surface area (Å²) in [7, 11) is -0.699. The standard InChI is InChI=1S/C28H24ClN3O5S2/c1-31(17-19-7-4-3-5-8-19)39(34,35)22-12-10-20(11-13-22)27(33)32(18-21-9-6-16-37-21)28-30-25-24(36-2)15-14-23(29)26(25)38-28/h3-16H,17-18H2,1-2H3. The van der Waals surface area contributed by atoms with Crippen molar-refractivity contribution in [3.05, 3.63) is 107 Å². The van der Waals surface area contributed by atoms with Gasteiger partial charge in [-0.2, -0.15) is 4.31 Å². The Labute approximate surface area is 235 Å². The molecule has 2 aromatic heterocycles. The van der Waals surface area contributed by atoms with Crippen LogP contribution in [0.15, 0.2) is 94.4 Å². The second-order valence-electron chi connectivity index (χ2n) is 8.67. The molecule has 8 nitrogen and oxygen atoms in total. The quantitative estimate of drug-likeness (QED) is 0.205. The average Bonchev–Trinajstić information content (AvgIpc) is 3.63. The maximum atomic E-state index is 13.8. The molecular formula is C28H24ClN3O5S2. The first kappa shape index (κ1) is 26.9. The number of carbonyl (C=O) groups is 1. The number of furan rings is 1. The van der Waals surface area contributed by atoms with Crippen molar-refractivity contribution in [2.24, 2.45) is 0 Å². The van der Waals surface area contributed by atoms with Gasteiger partial charge in [0.2, 0.25) is 10.0 Å². The molecule has 0 saturated heterocycles. The van der Waals surface area contributed by atoms with Crippen LogP contribution in [0.5, 0.6) is 5.75 Å². The summed E-state index contributed by atoms with van der Waals surface area (Å²) in [5.74, 6) is 0.723. The minimum absolute atomic E-state index is 0.0894. The van der Waals surface area contributed by atoms with E-state index < -0.39 is 10.0 Å². The van der Waals surface area contributed by atoms with Crippen molar-refractivity contribution in [3.63, 3.8) is 0 Å². The number of thiazole rings is 1. The van der Waals surface area contributed by atoms with Gasteiger partial charge >= 0.3 is 0 Å². The van der Waals surface area contributed by atoms with Crippen LogP contribution in [0.3, 0.4) is 0 Å². The zero-order valence-electron chi connectivity index (χ0n) is 21.1. The van der Waals surface area contributed by atoms with Crippen molar-refractivity contribution < 1.29 is 22.4 Å². The van der Waals surface area contributed by atoms with Crippen molar-refractivity contribution in [2.45, 2.75) is 18.0 Å². The minimum atomic E-state index is -3.77. The fraction of sp³-hybridized carbons (Fsp3) is 0.143. The van der Waals surface area contributed by atoms with E-state index in [1.54, 1.807) is 31.4 Å². The number of nitrogens with zero attached hydrogens (tertiary/aromatic N) is 3. The number of anilines is 1. The molecule has 0 unspecified atom stereocenters. The molecule has 0 N–H and O–H groups in total. The van der Waals surface area contributed by atoms with E-state index in [1.165, 1.54) is 58.1 Å². The van der Waals surface area contributed by atoms with Gasteiger partial charge in [-0.05, 0) is 54.1 Å². The summed E-state index contributed by atoms with van der Waals surface area (Å²) in [4.78, 5) is 20.0. The number of benzene rings is 3. The number of fused-ring (bicyclic) bond motifs is 1. The molecule has 2 heterocycles. The van der Waals surface area contributed by atoms with Gasteiger partial charge in [0.15, 0.2) is 5.13 Å². The molecule has 0 spiro atoms. The Morgan fingerprint density at radius 1 is 1.00 bits per heavy atom. The maximum absolute atomic E-state index is 13.8. The van der Waals surface area contributed by atoms with E-state index >= 15 is 0 Å². The first-order valence-corrected chi connectivity index (χ1v) is 14.5. The molecular weight excluding hydrogens is 558 g/mol. The summed E-state index contributed by atoms with van der Waals surface area (Å²) in [6.45, 7) is 0.343. The molecule has 0 radical (unpaired) electrons. The van der Waals surface area contributed by atoms with E-state index in [0.29, 0.717) is 37.4 Å². The molecule has 200 valence electrons. The zero-order chi connectivity index (χ0) is 27.6. The number of hydrogen-bond donors (Lipinski definition) is 0. The Morgan fingerprint density at radius 3 is 2.41 bits per heavy atom. The molecule has 0 atom stereocenters. The molecule has 11 heteroatoms. The highest BCUT2D eigenvalue weighted by Gasteiger charge is 2.26. The lowest BCUT2D eigenvalue weighted by Crippen LogP contribution is -2.30. The van der Waals surface area contributed by atoms with Crippen LogP contribution >= 0.6 is 22.9 Å². The van der Waals surface area contributed by atoms with Crippen LogP contribution in [-0.2, 0) is 23.1 Å². The normalized spacial score (nSPS) is 11.7. The highest BCUT2D eigenvalue weighted by atomic mass is 35.5. The van der Waals surface area contributed by atoms with Crippen molar-refractivity contribution in [2.75, 3.05) is 19.1 Å². The van der Waals surface area contributed by atoms with Crippen LogP contribution in [0.1, 0.15) is 21.7 Å². The third-order valence-corrected chi connectivity index (χ3v) is 9.45. The van der Waals surface area contributed by atoms with Gasteiger partial charge in [0.1, 0.15) is 17.0 Å². The summed E-state index contributed by atoms with van der Waals surface area (Å²) in [6.07, 6.45) is 1.53. The van der Waals surface area contributed by atoms with E-state index in [0.717, 1.165) is 5.56 Å². The molecule has 0 aliphatic heterocycles. The molecule has 5 aromatic rings. The zero-order valence-corrected chi connectivity index (χ0v) is 23.5. The van der Waals surface area contributed by atoms with E-state index in [4.69, 9.17) is 20.8 Å². The number of methoxy groups -OCH3 is 1. The smallest absolute Gasteiger partial charge is 0.260 e. The number of sulfonamides is 1. The predicted octanol–water partition coefficient (Wildman–Crippen LogP) is 6.22. The van der Waals surface area contributed by atoms with E-state index in [9.17, 15) is 13.2 Å². The molecule has 5 rings (SSSR count). The number of hydrogen-bond acceptors (Lipinski definition) is 7. The summed E-state index contributed by atoms with van der Waals surface area (Å²) >= 11 is 7.67. The van der Waals surface area contributed by atoms with Crippen molar-refractivity contribution in [3.8, 4) is 5.75 Å². The summed E-state index contributed by atoms with van der Waals surface area (Å²) in [5.41, 5.74) is 1.71. The van der Waals surface area contributed by atoms with Gasteiger partial charge in [-0.3, -0.25) is 9.69 Å². The highest BCUT2D eigenvalue weighted by Crippen LogP contribution is 2.39. The SMILES string of the molecule is COc1ccc(Cl)c2sc(N(Cc3ccco3)C(=O)c3ccc(S(=O)(=O)N(C)Cc4ccccc4)cc3)nc12. The van der Waals surface area contributed by atoms with Crippen LogP contribution in [0, 0.1) is 0 Å². The monoisotopic (exact) mass is 581 g/mol. The molecule has 0 aliphatic carbocycles. The third kappa shape index (κ3) is 5.55. The van der Waals surface area contributed by atoms with Gasteiger partial charge in [-0.15, -0.1) is 0 Å². The second kappa shape index (κ2) is 11.2. The van der Waals surface area contributed by atoms with Crippen molar-refractivity contribution >= 4 is 54.2 Å². The lowest BCUT2D eigenvalue weighted by molar-refractivity contribution is 0.0983. The van der Waals surface area contributed by atoms with Crippen LogP contribution in [0.2, 0.25) is 5.02 Å². The molecule has 0 saturated carbocycles.